The maximum Gasteiger partial charge on any atom is 0.220 e. The van der Waals surface area contributed by atoms with E-state index in [4.69, 9.17) is 9.47 Å². The predicted molar refractivity (Wildman–Crippen MR) is 225 cm³/mol. The minimum absolute atomic E-state index is 0. The van der Waals surface area contributed by atoms with Crippen molar-refractivity contribution >= 4 is 57.7 Å². The molecule has 0 aliphatic carbocycles. The monoisotopic (exact) mass is 838 g/mol. The molecule has 2 N–H and O–H groups in total. The number of nitrogens with zero attached hydrogens (tertiary/aromatic N) is 2. The Bertz CT molecular complexity index is 1620. The molecule has 0 atom stereocenters. The Morgan fingerprint density at radius 2 is 0.875 bits per heavy atom. The minimum Gasteiger partial charge on any atom is -1.00 e. The van der Waals surface area contributed by atoms with Gasteiger partial charge in [0.05, 0.1) is 12.2 Å². The van der Waals surface area contributed by atoms with E-state index in [2.05, 4.69) is 117 Å². The summed E-state index contributed by atoms with van der Waals surface area (Å²) in [5.41, 5.74) is 4.49. The molecule has 0 spiro atoms. The lowest BCUT2D eigenvalue weighted by Gasteiger charge is -2.09. The fraction of sp³-hybridized carbons (Fsp3) is 0.364. The number of amides is 2. The van der Waals surface area contributed by atoms with Gasteiger partial charge in [-0.1, -0.05) is 70.2 Å². The van der Waals surface area contributed by atoms with Gasteiger partial charge in [0.2, 0.25) is 11.8 Å². The molecule has 0 aliphatic rings. The van der Waals surface area contributed by atoms with Gasteiger partial charge in [0, 0.05) is 74.5 Å². The van der Waals surface area contributed by atoms with E-state index < -0.39 is 0 Å². The Morgan fingerprint density at radius 3 is 1.20 bits per heavy atom. The summed E-state index contributed by atoms with van der Waals surface area (Å²) >= 11 is 0. The van der Waals surface area contributed by atoms with Crippen molar-refractivity contribution in [3.05, 3.63) is 120 Å². The van der Waals surface area contributed by atoms with Gasteiger partial charge in [0.15, 0.2) is 24.8 Å². The molecular weight excluding hydrogens is 784 g/mol. The number of aromatic nitrogens is 2. The summed E-state index contributed by atoms with van der Waals surface area (Å²) in [6.45, 7) is 11.0. The van der Waals surface area contributed by atoms with E-state index in [0.717, 1.165) is 71.2 Å². The summed E-state index contributed by atoms with van der Waals surface area (Å²) in [4.78, 5) is 24.6. The summed E-state index contributed by atoms with van der Waals surface area (Å²) in [5.74, 6) is 3.58. The van der Waals surface area contributed by atoms with Crippen LogP contribution >= 0.6 is 21.6 Å². The molecule has 12 heteroatoms. The van der Waals surface area contributed by atoms with Crippen LogP contribution in [0.5, 0.6) is 11.5 Å². The van der Waals surface area contributed by atoms with Gasteiger partial charge in [-0.15, -0.1) is 0 Å². The van der Waals surface area contributed by atoms with Crippen molar-refractivity contribution in [1.82, 2.24) is 10.6 Å². The number of aryl methyl sites for hydroxylation is 2. The van der Waals surface area contributed by atoms with Crippen molar-refractivity contribution in [2.24, 2.45) is 0 Å². The zero-order valence-electron chi connectivity index (χ0n) is 32.9. The quantitative estimate of drug-likeness (QED) is 0.0677. The van der Waals surface area contributed by atoms with Gasteiger partial charge in [-0.05, 0) is 74.2 Å². The van der Waals surface area contributed by atoms with E-state index in [1.165, 1.54) is 0 Å². The molecule has 0 unspecified atom stereocenters. The molecule has 8 nitrogen and oxygen atoms in total. The molecule has 2 aromatic carbocycles. The molecule has 2 aromatic heterocycles. The number of ether oxygens (including phenoxy) is 2. The van der Waals surface area contributed by atoms with Crippen LogP contribution in [0.2, 0.25) is 0 Å². The molecule has 0 radical (unpaired) electrons. The van der Waals surface area contributed by atoms with Gasteiger partial charge >= 0.3 is 0 Å². The Hall–Kier alpha value is -3.96. The summed E-state index contributed by atoms with van der Waals surface area (Å²) in [5, 5.41) is 6.03. The van der Waals surface area contributed by atoms with Crippen molar-refractivity contribution in [3.8, 4) is 11.5 Å². The third kappa shape index (κ3) is 20.3. The normalized spacial score (nSPS) is 11.0. The zero-order chi connectivity index (χ0) is 38.4. The standard InChI is InChI=1S/C44H54N4O4S2.2ClH/c1-35(2)51-41-17-13-37(14-18-41)9-11-39-21-29-47(30-22-39)27-5-7-43(49)45-25-33-53-54-34-26-46-44(50)8-6-28-48-31-23-40(24-32-48)12-10-38-15-19-42(20-16-38)52-36(3)4;;/h9-24,29-32,35-36H,5-8,25-28,33-34H2,1-4H3;2*1H/b11-9+,12-10+;;. The number of nitrogens with one attached hydrogen (secondary N) is 2. The van der Waals surface area contributed by atoms with Crippen LogP contribution in [0, 0.1) is 0 Å². The number of carbonyl (C=O) groups is 2. The van der Waals surface area contributed by atoms with Gasteiger partial charge in [-0.2, -0.15) is 0 Å². The summed E-state index contributed by atoms with van der Waals surface area (Å²) < 4.78 is 15.6. The molecule has 0 saturated heterocycles. The zero-order valence-corrected chi connectivity index (χ0v) is 36.0. The molecule has 302 valence electrons. The van der Waals surface area contributed by atoms with Gasteiger partial charge in [-0.3, -0.25) is 9.59 Å². The molecule has 4 rings (SSSR count). The van der Waals surface area contributed by atoms with E-state index in [1.54, 1.807) is 21.6 Å². The van der Waals surface area contributed by atoms with Gasteiger partial charge < -0.3 is 44.9 Å². The number of carbonyl (C=O) groups excluding carboxylic acids is 2. The van der Waals surface area contributed by atoms with E-state index in [-0.39, 0.29) is 48.8 Å². The number of halogens is 2. The molecule has 0 fully saturated rings. The summed E-state index contributed by atoms with van der Waals surface area (Å²) in [6.07, 6.45) is 19.5. The summed E-state index contributed by atoms with van der Waals surface area (Å²) in [6, 6.07) is 24.5. The molecule has 2 amide bonds. The Balaban J connectivity index is 0.00000541. The number of pyridine rings is 2. The van der Waals surface area contributed by atoms with Crippen LogP contribution in [0.15, 0.2) is 97.6 Å². The van der Waals surface area contributed by atoms with E-state index in [1.807, 2.05) is 52.0 Å². The van der Waals surface area contributed by atoms with Crippen LogP contribution in [0.3, 0.4) is 0 Å². The molecule has 2 heterocycles. The molecule has 0 saturated carbocycles. The highest BCUT2D eigenvalue weighted by atomic mass is 35.5. The average molecular weight is 840 g/mol. The highest BCUT2D eigenvalue weighted by Crippen LogP contribution is 2.20. The van der Waals surface area contributed by atoms with E-state index >= 15 is 0 Å². The minimum atomic E-state index is 0. The third-order valence-corrected chi connectivity index (χ3v) is 10.4. The van der Waals surface area contributed by atoms with Gasteiger partial charge in [-0.25, -0.2) is 9.13 Å². The number of hydrogen-bond donors (Lipinski definition) is 2. The lowest BCUT2D eigenvalue weighted by atomic mass is 10.1. The fourth-order valence-electron chi connectivity index (χ4n) is 5.31. The van der Waals surface area contributed by atoms with E-state index in [0.29, 0.717) is 25.9 Å². The number of rotatable bonds is 23. The first-order chi connectivity index (χ1) is 26.2. The van der Waals surface area contributed by atoms with Crippen LogP contribution in [0.1, 0.15) is 75.6 Å². The Labute approximate surface area is 354 Å². The molecule has 0 aliphatic heterocycles. The van der Waals surface area contributed by atoms with Crippen LogP contribution in [-0.4, -0.2) is 48.6 Å². The summed E-state index contributed by atoms with van der Waals surface area (Å²) in [7, 11) is 3.43. The van der Waals surface area contributed by atoms with Crippen LogP contribution < -0.4 is 54.1 Å². The Morgan fingerprint density at radius 1 is 0.554 bits per heavy atom. The smallest absolute Gasteiger partial charge is 0.220 e. The SMILES string of the molecule is CC(C)Oc1ccc(/C=C/c2cc[n+](CCCC(=O)NCCSSCCNC(=O)CCC[n+]3ccc(/C=C/c4ccc(OC(C)C)cc4)cc3)cc2)cc1.[Cl-].[Cl-]. The predicted octanol–water partition coefficient (Wildman–Crippen LogP) is 2.06. The lowest BCUT2D eigenvalue weighted by Crippen LogP contribution is -3.00. The van der Waals surface area contributed by atoms with E-state index in [9.17, 15) is 9.59 Å². The number of benzene rings is 2. The van der Waals surface area contributed by atoms with Crippen molar-refractivity contribution in [2.75, 3.05) is 24.6 Å². The second-order valence-electron chi connectivity index (χ2n) is 13.4. The van der Waals surface area contributed by atoms with Crippen LogP contribution in [0.4, 0.5) is 0 Å². The second kappa shape index (κ2) is 27.6. The average Bonchev–Trinajstić information content (AvgIpc) is 3.16. The lowest BCUT2D eigenvalue weighted by molar-refractivity contribution is -0.697. The maximum atomic E-state index is 12.3. The van der Waals surface area contributed by atoms with Gasteiger partial charge in [0.25, 0.3) is 0 Å². The van der Waals surface area contributed by atoms with Crippen molar-refractivity contribution in [3.63, 3.8) is 0 Å². The topological polar surface area (TPSA) is 84.4 Å². The highest BCUT2D eigenvalue weighted by Gasteiger charge is 2.07. The second-order valence-corrected chi connectivity index (χ2v) is 16.1. The van der Waals surface area contributed by atoms with Crippen molar-refractivity contribution < 1.29 is 53.0 Å². The number of hydrogen-bond acceptors (Lipinski definition) is 6. The fourth-order valence-corrected chi connectivity index (χ4v) is 7.12. The molecular formula is C44H56Cl2N4O4S2. The third-order valence-electron chi connectivity index (χ3n) is 8.01. The van der Waals surface area contributed by atoms with Crippen molar-refractivity contribution in [2.45, 2.75) is 78.7 Å². The molecule has 56 heavy (non-hydrogen) atoms. The first-order valence-corrected chi connectivity index (χ1v) is 21.4. The van der Waals surface area contributed by atoms with Crippen molar-refractivity contribution in [1.29, 1.82) is 0 Å². The van der Waals surface area contributed by atoms with Crippen LogP contribution in [-0.2, 0) is 22.7 Å². The largest absolute Gasteiger partial charge is 1.00 e. The highest BCUT2D eigenvalue weighted by molar-refractivity contribution is 8.76. The first kappa shape index (κ1) is 48.2. The maximum absolute atomic E-state index is 12.3. The first-order valence-electron chi connectivity index (χ1n) is 18.9. The van der Waals surface area contributed by atoms with Gasteiger partial charge in [0.1, 0.15) is 24.6 Å². The Kier molecular flexibility index (Phi) is 23.8. The van der Waals surface area contributed by atoms with Crippen LogP contribution in [0.25, 0.3) is 24.3 Å². The molecule has 0 bridgehead atoms. The molecule has 4 aromatic rings.